The van der Waals surface area contributed by atoms with E-state index in [1.54, 1.807) is 12.1 Å². The van der Waals surface area contributed by atoms with E-state index in [0.29, 0.717) is 5.56 Å². The molecule has 0 saturated carbocycles. The van der Waals surface area contributed by atoms with Gasteiger partial charge < -0.3 is 10.1 Å². The molecule has 2 aromatic carbocycles. The van der Waals surface area contributed by atoms with Gasteiger partial charge in [-0.15, -0.1) is 0 Å². The number of nitrogens with one attached hydrogen (secondary N) is 1. The van der Waals surface area contributed by atoms with Gasteiger partial charge in [0.25, 0.3) is 0 Å². The van der Waals surface area contributed by atoms with Crippen LogP contribution in [0, 0.1) is 6.92 Å². The highest BCUT2D eigenvalue weighted by atomic mass is 16.5. The molecule has 4 heteroatoms. The summed E-state index contributed by atoms with van der Waals surface area (Å²) in [5, 5.41) is 2.81. The summed E-state index contributed by atoms with van der Waals surface area (Å²) in [6, 6.07) is 14.7. The van der Waals surface area contributed by atoms with Crippen LogP contribution in [0.25, 0.3) is 0 Å². The number of hydrogen-bond acceptors (Lipinski definition) is 3. The summed E-state index contributed by atoms with van der Waals surface area (Å²) in [5.74, 6) is -0.535. The second-order valence-electron chi connectivity index (χ2n) is 5.10. The summed E-state index contributed by atoms with van der Waals surface area (Å²) in [4.78, 5) is 23.8. The highest BCUT2D eigenvalue weighted by Crippen LogP contribution is 2.32. The summed E-state index contributed by atoms with van der Waals surface area (Å²) in [6.07, 6.45) is -0.379. The number of carbonyl (C=O) groups excluding carboxylic acids is 2. The van der Waals surface area contributed by atoms with Crippen LogP contribution in [0.1, 0.15) is 34.0 Å². The number of aryl methyl sites for hydroxylation is 1. The van der Waals surface area contributed by atoms with Crippen LogP contribution in [0.5, 0.6) is 0 Å². The second-order valence-corrected chi connectivity index (χ2v) is 5.10. The molecule has 0 spiro atoms. The fraction of sp³-hybridized carbons (Fsp3) is 0.176. The number of amides is 1. The van der Waals surface area contributed by atoms with Gasteiger partial charge in [0.05, 0.1) is 12.0 Å². The number of ether oxygens (including phenoxy) is 1. The van der Waals surface area contributed by atoms with E-state index in [-0.39, 0.29) is 18.3 Å². The maximum Gasteiger partial charge on any atom is 0.339 e. The molecule has 106 valence electrons. The number of fused-ring (bicyclic) bond motifs is 1. The van der Waals surface area contributed by atoms with Crippen molar-refractivity contribution in [2.24, 2.45) is 0 Å². The molecule has 0 fully saturated rings. The number of hydrogen-bond donors (Lipinski definition) is 1. The topological polar surface area (TPSA) is 55.4 Å². The van der Waals surface area contributed by atoms with Crippen molar-refractivity contribution >= 4 is 17.6 Å². The third-order valence-electron chi connectivity index (χ3n) is 3.48. The Morgan fingerprint density at radius 3 is 2.62 bits per heavy atom. The van der Waals surface area contributed by atoms with Crippen molar-refractivity contribution in [2.45, 2.75) is 19.4 Å². The Morgan fingerprint density at radius 1 is 1.14 bits per heavy atom. The van der Waals surface area contributed by atoms with Crippen LogP contribution in [0.15, 0.2) is 48.5 Å². The van der Waals surface area contributed by atoms with Crippen molar-refractivity contribution in [3.63, 3.8) is 0 Å². The number of anilines is 1. The largest absolute Gasteiger partial charge is 0.453 e. The highest BCUT2D eigenvalue weighted by molar-refractivity contribution is 5.96. The van der Waals surface area contributed by atoms with Crippen LogP contribution in [0.3, 0.4) is 0 Å². The minimum atomic E-state index is -0.501. The SMILES string of the molecule is Cc1ccc(NC(=O)CC2OC(=O)c3ccccc32)cc1. The first-order chi connectivity index (χ1) is 10.1. The van der Waals surface area contributed by atoms with Gasteiger partial charge in [-0.1, -0.05) is 35.9 Å². The molecule has 1 unspecified atom stereocenters. The molecule has 1 amide bonds. The summed E-state index contributed by atoms with van der Waals surface area (Å²) in [6.45, 7) is 1.99. The smallest absolute Gasteiger partial charge is 0.339 e. The zero-order valence-corrected chi connectivity index (χ0v) is 11.6. The number of carbonyl (C=O) groups is 2. The molecule has 0 aromatic heterocycles. The summed E-state index contributed by atoms with van der Waals surface area (Å²) in [5.41, 5.74) is 3.20. The predicted molar refractivity (Wildman–Crippen MR) is 79.0 cm³/mol. The minimum absolute atomic E-state index is 0.122. The summed E-state index contributed by atoms with van der Waals surface area (Å²) < 4.78 is 5.26. The van der Waals surface area contributed by atoms with Crippen molar-refractivity contribution < 1.29 is 14.3 Å². The first-order valence-electron chi connectivity index (χ1n) is 6.80. The molecule has 1 aliphatic rings. The lowest BCUT2D eigenvalue weighted by molar-refractivity contribution is -0.118. The lowest BCUT2D eigenvalue weighted by Crippen LogP contribution is -2.15. The Labute approximate surface area is 122 Å². The van der Waals surface area contributed by atoms with Crippen LogP contribution in [0.4, 0.5) is 5.69 Å². The predicted octanol–water partition coefficient (Wildman–Crippen LogP) is 3.24. The molecule has 2 aromatic rings. The highest BCUT2D eigenvalue weighted by Gasteiger charge is 2.31. The average Bonchev–Trinajstić information content (AvgIpc) is 2.78. The fourth-order valence-corrected chi connectivity index (χ4v) is 2.39. The van der Waals surface area contributed by atoms with Gasteiger partial charge in [-0.3, -0.25) is 4.79 Å². The van der Waals surface area contributed by atoms with Crippen LogP contribution in [-0.4, -0.2) is 11.9 Å². The van der Waals surface area contributed by atoms with Crippen molar-refractivity contribution in [3.05, 3.63) is 65.2 Å². The maximum absolute atomic E-state index is 12.1. The van der Waals surface area contributed by atoms with Crippen molar-refractivity contribution in [1.29, 1.82) is 0 Å². The standard InChI is InChI=1S/C17H15NO3/c1-11-6-8-12(9-7-11)18-16(19)10-15-13-4-2-3-5-14(13)17(20)21-15/h2-9,15H,10H2,1H3,(H,18,19). The van der Waals surface area contributed by atoms with Gasteiger partial charge in [0.1, 0.15) is 6.10 Å². The quantitative estimate of drug-likeness (QED) is 0.879. The van der Waals surface area contributed by atoms with Gasteiger partial charge in [0, 0.05) is 11.3 Å². The Bertz CT molecular complexity index is 691. The third kappa shape index (κ3) is 2.79. The van der Waals surface area contributed by atoms with Crippen LogP contribution >= 0.6 is 0 Å². The van der Waals surface area contributed by atoms with E-state index in [9.17, 15) is 9.59 Å². The first kappa shape index (κ1) is 13.4. The molecular weight excluding hydrogens is 266 g/mol. The maximum atomic E-state index is 12.1. The Balaban J connectivity index is 1.69. The van der Waals surface area contributed by atoms with Crippen LogP contribution < -0.4 is 5.32 Å². The van der Waals surface area contributed by atoms with Crippen LogP contribution in [0.2, 0.25) is 0 Å². The van der Waals surface area contributed by atoms with E-state index in [0.717, 1.165) is 16.8 Å². The molecule has 1 heterocycles. The normalized spacial score (nSPS) is 16.2. The van der Waals surface area contributed by atoms with Gasteiger partial charge in [-0.2, -0.15) is 0 Å². The molecule has 0 radical (unpaired) electrons. The number of esters is 1. The average molecular weight is 281 g/mol. The summed E-state index contributed by atoms with van der Waals surface area (Å²) >= 11 is 0. The van der Waals surface area contributed by atoms with Crippen molar-refractivity contribution in [1.82, 2.24) is 0 Å². The van der Waals surface area contributed by atoms with Crippen LogP contribution in [-0.2, 0) is 9.53 Å². The fourth-order valence-electron chi connectivity index (χ4n) is 2.39. The molecule has 0 bridgehead atoms. The van der Waals surface area contributed by atoms with Gasteiger partial charge in [-0.25, -0.2) is 4.79 Å². The molecular formula is C17H15NO3. The zero-order chi connectivity index (χ0) is 14.8. The van der Waals surface area contributed by atoms with Gasteiger partial charge in [0.2, 0.25) is 5.91 Å². The Morgan fingerprint density at radius 2 is 1.86 bits per heavy atom. The number of cyclic esters (lactones) is 1. The summed E-state index contributed by atoms with van der Waals surface area (Å²) in [7, 11) is 0. The molecule has 1 atom stereocenters. The third-order valence-corrected chi connectivity index (χ3v) is 3.48. The second kappa shape index (κ2) is 5.40. The molecule has 3 rings (SSSR count). The number of rotatable bonds is 3. The minimum Gasteiger partial charge on any atom is -0.453 e. The molecule has 0 saturated heterocycles. The van der Waals surface area contributed by atoms with E-state index in [2.05, 4.69) is 5.32 Å². The molecule has 21 heavy (non-hydrogen) atoms. The lowest BCUT2D eigenvalue weighted by atomic mass is 10.0. The zero-order valence-electron chi connectivity index (χ0n) is 11.6. The van der Waals surface area contributed by atoms with Crippen molar-refractivity contribution in [2.75, 3.05) is 5.32 Å². The van der Waals surface area contributed by atoms with E-state index in [4.69, 9.17) is 4.74 Å². The van der Waals surface area contributed by atoms with Gasteiger partial charge >= 0.3 is 5.97 Å². The monoisotopic (exact) mass is 281 g/mol. The Hall–Kier alpha value is -2.62. The number of benzene rings is 2. The van der Waals surface area contributed by atoms with E-state index in [1.165, 1.54) is 0 Å². The lowest BCUT2D eigenvalue weighted by Gasteiger charge is -2.11. The van der Waals surface area contributed by atoms with Crippen molar-refractivity contribution in [3.8, 4) is 0 Å². The van der Waals surface area contributed by atoms with Gasteiger partial charge in [-0.05, 0) is 25.1 Å². The molecule has 1 N–H and O–H groups in total. The Kier molecular flexibility index (Phi) is 3.44. The van der Waals surface area contributed by atoms with E-state index < -0.39 is 6.10 Å². The molecule has 1 aliphatic heterocycles. The first-order valence-corrected chi connectivity index (χ1v) is 6.80. The van der Waals surface area contributed by atoms with E-state index in [1.807, 2.05) is 43.3 Å². The molecule has 0 aliphatic carbocycles. The molecule has 4 nitrogen and oxygen atoms in total. The van der Waals surface area contributed by atoms with Gasteiger partial charge in [0.15, 0.2) is 0 Å². The van der Waals surface area contributed by atoms with E-state index >= 15 is 0 Å².